The van der Waals surface area contributed by atoms with Gasteiger partial charge in [0.1, 0.15) is 0 Å². The van der Waals surface area contributed by atoms with E-state index in [-0.39, 0.29) is 116 Å². The summed E-state index contributed by atoms with van der Waals surface area (Å²) in [6.07, 6.45) is 0. The van der Waals surface area contributed by atoms with E-state index in [1.807, 2.05) is 0 Å². The van der Waals surface area contributed by atoms with Crippen molar-refractivity contribution in [2.24, 2.45) is 0 Å². The molecule has 0 saturated carbocycles. The molecular formula is H2O3Rb2Te. The van der Waals surface area contributed by atoms with Crippen molar-refractivity contribution in [1.29, 1.82) is 0 Å². The summed E-state index contributed by atoms with van der Waals surface area (Å²) in [5, 5.41) is 0. The standard InChI is InChI=1S/H2O3Te.2Rb/c1-4(2)3;;/h(H2,1,2,3);;. The maximum Gasteiger partial charge on any atom is 0 e. The summed E-state index contributed by atoms with van der Waals surface area (Å²) in [4.78, 5) is 0. The van der Waals surface area contributed by atoms with Crippen LogP contribution in [0.1, 0.15) is 0 Å². The van der Waals surface area contributed by atoms with Crippen LogP contribution in [-0.4, -0.2) is 144 Å². The van der Waals surface area contributed by atoms with Crippen LogP contribution in [0.2, 0.25) is 0 Å². The van der Waals surface area contributed by atoms with Crippen LogP contribution in [0.4, 0.5) is 0 Å². The van der Waals surface area contributed by atoms with Crippen LogP contribution in [0.15, 0.2) is 0 Å². The molecule has 0 aromatic heterocycles. The second kappa shape index (κ2) is 11.9. The van der Waals surface area contributed by atoms with Crippen LogP contribution in [0.5, 0.6) is 0 Å². The van der Waals surface area contributed by atoms with Crippen molar-refractivity contribution in [3.05, 3.63) is 0 Å². The molecule has 28 valence electrons. The van der Waals surface area contributed by atoms with E-state index in [0.717, 1.165) is 0 Å². The minimum absolute atomic E-state index is 0. The first-order valence-electron chi connectivity index (χ1n) is 0.532. The molecule has 0 spiro atoms. The molecule has 6 heavy (non-hydrogen) atoms. The van der Waals surface area contributed by atoms with E-state index in [4.69, 9.17) is 10.0 Å². The van der Waals surface area contributed by atoms with Crippen molar-refractivity contribution in [2.75, 3.05) is 0 Å². The Morgan fingerprint density at radius 3 is 1.17 bits per heavy atom. The zero-order valence-electron chi connectivity index (χ0n) is 3.71. The van der Waals surface area contributed by atoms with Gasteiger partial charge < -0.3 is 0 Å². The van der Waals surface area contributed by atoms with Gasteiger partial charge in [-0.05, 0) is 0 Å². The van der Waals surface area contributed by atoms with Crippen LogP contribution in [0, 0.1) is 0 Å². The van der Waals surface area contributed by atoms with Crippen LogP contribution in [-0.2, 0) is 3.10 Å². The predicted octanol–water partition coefficient (Wildman–Crippen LogP) is -2.38. The summed E-state index contributed by atoms with van der Waals surface area (Å²) < 4.78 is 23.3. The molecule has 2 N–H and O–H groups in total. The first-order valence-corrected chi connectivity index (χ1v) is 3.57. The van der Waals surface area contributed by atoms with E-state index >= 15 is 0 Å². The molecule has 0 bridgehead atoms. The van der Waals surface area contributed by atoms with Gasteiger partial charge in [0, 0.05) is 116 Å². The smallest absolute Gasteiger partial charge is 0 e. The molecule has 0 unspecified atom stereocenters. The normalized spacial score (nSPS) is 5.83. The van der Waals surface area contributed by atoms with Gasteiger partial charge in [0.05, 0.1) is 0 Å². The second-order valence-corrected chi connectivity index (χ2v) is 1.55. The third-order valence-corrected chi connectivity index (χ3v) is 0. The van der Waals surface area contributed by atoms with E-state index in [1.54, 1.807) is 0 Å². The van der Waals surface area contributed by atoms with Gasteiger partial charge in [-0.25, -0.2) is 0 Å². The molecule has 0 fully saturated rings. The fraction of sp³-hybridized carbons (Fsp3) is 0. The summed E-state index contributed by atoms with van der Waals surface area (Å²) in [5.74, 6) is 0. The van der Waals surface area contributed by atoms with Crippen molar-refractivity contribution in [3.63, 3.8) is 0 Å². The van der Waals surface area contributed by atoms with Crippen molar-refractivity contribution >= 4 is 137 Å². The molecule has 0 aromatic rings. The second-order valence-electron chi connectivity index (χ2n) is 0.231. The molecule has 0 aliphatic rings. The molecule has 0 amide bonds. The molecule has 3 nitrogen and oxygen atoms in total. The predicted molar refractivity (Wildman–Crippen MR) is 22.4 cm³/mol. The van der Waals surface area contributed by atoms with Crippen LogP contribution in [0.3, 0.4) is 0 Å². The SMILES string of the molecule is O=[Te](O)O.[Rb].[Rb]. The molecule has 0 aliphatic heterocycles. The van der Waals surface area contributed by atoms with Crippen molar-refractivity contribution < 1.29 is 10.0 Å². The number of hydrogen-bond acceptors (Lipinski definition) is 1. The minimum atomic E-state index is -3.61. The van der Waals surface area contributed by atoms with Gasteiger partial charge in [-0.1, -0.05) is 0 Å². The van der Waals surface area contributed by atoms with Gasteiger partial charge in [-0.3, -0.25) is 0 Å². The fourth-order valence-corrected chi connectivity index (χ4v) is 0. The van der Waals surface area contributed by atoms with Crippen LogP contribution >= 0.6 is 0 Å². The Kier molecular flexibility index (Phi) is 32.8. The Labute approximate surface area is 142 Å². The molecule has 0 heterocycles. The summed E-state index contributed by atoms with van der Waals surface area (Å²) in [6, 6.07) is 0. The van der Waals surface area contributed by atoms with E-state index in [2.05, 4.69) is 0 Å². The van der Waals surface area contributed by atoms with Gasteiger partial charge in [0.25, 0.3) is 0 Å². The molecule has 0 atom stereocenters. The Hall–Kier alpha value is 4.12. The number of hydrogen-bond donors (Lipinski definition) is 2. The third-order valence-electron chi connectivity index (χ3n) is 0. The fourth-order valence-electron chi connectivity index (χ4n) is 0. The maximum atomic E-state index is 8.81. The van der Waals surface area contributed by atoms with Crippen molar-refractivity contribution in [2.45, 2.75) is 0 Å². The van der Waals surface area contributed by atoms with Gasteiger partial charge in [-0.2, -0.15) is 0 Å². The molecule has 0 rings (SSSR count). The molecule has 0 aromatic carbocycles. The Bertz CT molecular complexity index is 31.8. The first kappa shape index (κ1) is 16.6. The van der Waals surface area contributed by atoms with Gasteiger partial charge >= 0.3 is 30.4 Å². The molecule has 0 aliphatic carbocycles. The zero-order valence-corrected chi connectivity index (χ0v) is 15.9. The first-order chi connectivity index (χ1) is 1.73. The van der Waals surface area contributed by atoms with E-state index in [1.165, 1.54) is 0 Å². The maximum absolute atomic E-state index is 8.81. The topological polar surface area (TPSA) is 57.5 Å². The van der Waals surface area contributed by atoms with E-state index in [0.29, 0.717) is 0 Å². The monoisotopic (exact) mass is 350 g/mol. The summed E-state index contributed by atoms with van der Waals surface area (Å²) in [5.41, 5.74) is 0. The quantitative estimate of drug-likeness (QED) is 0.481. The largest absolute Gasteiger partial charge is 0 e. The van der Waals surface area contributed by atoms with Gasteiger partial charge in [0.15, 0.2) is 0 Å². The third kappa shape index (κ3) is 24.3. The average molecular weight is 349 g/mol. The van der Waals surface area contributed by atoms with Crippen LogP contribution in [0.25, 0.3) is 0 Å². The summed E-state index contributed by atoms with van der Waals surface area (Å²) in [7, 11) is 0. The zero-order chi connectivity index (χ0) is 3.58. The van der Waals surface area contributed by atoms with E-state index in [9.17, 15) is 0 Å². The van der Waals surface area contributed by atoms with E-state index < -0.39 is 20.4 Å². The molecule has 6 heteroatoms. The van der Waals surface area contributed by atoms with Crippen molar-refractivity contribution in [1.82, 2.24) is 0 Å². The molecular weight excluding hydrogens is 347 g/mol. The van der Waals surface area contributed by atoms with Crippen LogP contribution < -0.4 is 0 Å². The Balaban J connectivity index is -0.0000000450. The number of rotatable bonds is 0. The van der Waals surface area contributed by atoms with Gasteiger partial charge in [-0.15, -0.1) is 0 Å². The van der Waals surface area contributed by atoms with Gasteiger partial charge in [0.2, 0.25) is 0 Å². The minimum Gasteiger partial charge on any atom is 0 e. The molecule has 2 radical (unpaired) electrons. The Morgan fingerprint density at radius 1 is 1.17 bits per heavy atom. The summed E-state index contributed by atoms with van der Waals surface area (Å²) >= 11 is -3.61. The average Bonchev–Trinajstić information content (AvgIpc) is 0.811. The van der Waals surface area contributed by atoms with Crippen molar-refractivity contribution in [3.8, 4) is 0 Å². The summed E-state index contributed by atoms with van der Waals surface area (Å²) in [6.45, 7) is 0. The molecule has 0 saturated heterocycles. The Morgan fingerprint density at radius 2 is 1.17 bits per heavy atom.